The fraction of sp³-hybridized carbons (Fsp3) is 0.217. The number of anilines is 2. The second kappa shape index (κ2) is 8.73. The number of amides is 1. The number of halogens is 2. The van der Waals surface area contributed by atoms with Crippen molar-refractivity contribution in [1.29, 1.82) is 0 Å². The van der Waals surface area contributed by atoms with Crippen LogP contribution in [0.25, 0.3) is 32.2 Å². The Morgan fingerprint density at radius 2 is 1.97 bits per heavy atom. The molecule has 1 amide bonds. The van der Waals surface area contributed by atoms with Crippen molar-refractivity contribution in [2.45, 2.75) is 6.92 Å². The summed E-state index contributed by atoms with van der Waals surface area (Å²) in [7, 11) is 2.67. The standard InChI is InChI=1S/C23H21ClFN6OPS/c1-3-15(32)30-6-8-31(9-7-30)21-13-10-11(2)16(17(25)18(13)27-22(24)29-21)12-4-5-14(33)20-19(12)28-23(26)34-20/h3-5,10H,1,6-9,33H2,2H3,(H2,26,28). The maximum absolute atomic E-state index is 16.1. The van der Waals surface area contributed by atoms with Gasteiger partial charge in [-0.1, -0.05) is 30.0 Å². The molecular weight excluding hydrogens is 494 g/mol. The molecule has 1 aliphatic rings. The average molecular weight is 515 g/mol. The first-order valence-corrected chi connectivity index (χ1v) is 12.3. The van der Waals surface area contributed by atoms with Gasteiger partial charge in [-0.05, 0) is 41.5 Å². The molecule has 5 rings (SSSR count). The molecule has 174 valence electrons. The Kier molecular flexibility index (Phi) is 5.88. The van der Waals surface area contributed by atoms with Crippen molar-refractivity contribution in [3.8, 4) is 11.1 Å². The van der Waals surface area contributed by atoms with E-state index in [0.717, 1.165) is 15.6 Å². The number of hydrogen-bond acceptors (Lipinski definition) is 7. The summed E-state index contributed by atoms with van der Waals surface area (Å²) in [6.45, 7) is 7.51. The number of piperazine rings is 1. The van der Waals surface area contributed by atoms with E-state index in [1.54, 1.807) is 4.90 Å². The molecule has 2 N–H and O–H groups in total. The van der Waals surface area contributed by atoms with E-state index in [1.807, 2.05) is 30.0 Å². The molecule has 0 radical (unpaired) electrons. The van der Waals surface area contributed by atoms with Gasteiger partial charge in [0.25, 0.3) is 0 Å². The van der Waals surface area contributed by atoms with Crippen LogP contribution in [0.15, 0.2) is 30.9 Å². The summed E-state index contributed by atoms with van der Waals surface area (Å²) in [6, 6.07) is 5.64. The zero-order valence-electron chi connectivity index (χ0n) is 18.3. The Balaban J connectivity index is 1.65. The highest BCUT2D eigenvalue weighted by Crippen LogP contribution is 2.39. The molecule has 2 aromatic heterocycles. The van der Waals surface area contributed by atoms with Crippen LogP contribution in [0.4, 0.5) is 15.3 Å². The van der Waals surface area contributed by atoms with Crippen molar-refractivity contribution in [2.24, 2.45) is 0 Å². The van der Waals surface area contributed by atoms with Crippen LogP contribution < -0.4 is 15.9 Å². The predicted octanol–water partition coefficient (Wildman–Crippen LogP) is 3.92. The van der Waals surface area contributed by atoms with Crippen LogP contribution >= 0.6 is 32.2 Å². The van der Waals surface area contributed by atoms with Crippen molar-refractivity contribution < 1.29 is 9.18 Å². The van der Waals surface area contributed by atoms with E-state index in [9.17, 15) is 4.79 Å². The summed E-state index contributed by atoms with van der Waals surface area (Å²) in [5, 5.41) is 1.91. The van der Waals surface area contributed by atoms with Gasteiger partial charge in [0.1, 0.15) is 11.3 Å². The third-order valence-corrected chi connectivity index (χ3v) is 7.80. The lowest BCUT2D eigenvalue weighted by molar-refractivity contribution is -0.126. The van der Waals surface area contributed by atoms with Gasteiger partial charge in [-0.2, -0.15) is 4.98 Å². The number of aromatic nitrogens is 3. The van der Waals surface area contributed by atoms with E-state index in [-0.39, 0.29) is 16.7 Å². The van der Waals surface area contributed by atoms with Crippen LogP contribution in [0.5, 0.6) is 0 Å². The molecule has 3 heterocycles. The van der Waals surface area contributed by atoms with Gasteiger partial charge in [0.05, 0.1) is 10.2 Å². The first kappa shape index (κ1) is 22.9. The molecule has 0 saturated carbocycles. The first-order valence-electron chi connectivity index (χ1n) is 10.6. The molecule has 1 fully saturated rings. The molecule has 1 atom stereocenters. The normalized spacial score (nSPS) is 14.2. The maximum atomic E-state index is 16.1. The molecule has 4 aromatic rings. The molecule has 0 bridgehead atoms. The van der Waals surface area contributed by atoms with Crippen molar-refractivity contribution >= 4 is 75.5 Å². The zero-order valence-corrected chi connectivity index (χ0v) is 21.0. The van der Waals surface area contributed by atoms with E-state index in [0.29, 0.717) is 59.2 Å². The van der Waals surface area contributed by atoms with Crippen molar-refractivity contribution in [3.63, 3.8) is 0 Å². The molecule has 34 heavy (non-hydrogen) atoms. The van der Waals surface area contributed by atoms with Crippen molar-refractivity contribution in [3.05, 3.63) is 47.5 Å². The number of rotatable bonds is 3. The number of hydrogen-bond donors (Lipinski definition) is 1. The van der Waals surface area contributed by atoms with Gasteiger partial charge in [-0.15, -0.1) is 9.24 Å². The Hall–Kier alpha value is -2.87. The van der Waals surface area contributed by atoms with Gasteiger partial charge < -0.3 is 15.5 Å². The Labute approximate surface area is 206 Å². The lowest BCUT2D eigenvalue weighted by Crippen LogP contribution is -2.48. The molecule has 1 unspecified atom stereocenters. The minimum atomic E-state index is -0.481. The fourth-order valence-electron chi connectivity index (χ4n) is 4.40. The number of aryl methyl sites for hydroxylation is 1. The Bertz CT molecular complexity index is 1480. The van der Waals surface area contributed by atoms with Crippen molar-refractivity contribution in [2.75, 3.05) is 36.8 Å². The minimum Gasteiger partial charge on any atom is -0.375 e. The van der Waals surface area contributed by atoms with Gasteiger partial charge in [0.15, 0.2) is 10.9 Å². The first-order chi connectivity index (χ1) is 16.3. The van der Waals surface area contributed by atoms with E-state index in [4.69, 9.17) is 17.3 Å². The minimum absolute atomic E-state index is 0.0378. The van der Waals surface area contributed by atoms with E-state index >= 15 is 4.39 Å². The number of nitrogens with zero attached hydrogens (tertiary/aromatic N) is 5. The number of nitrogen functional groups attached to an aromatic ring is 1. The number of carbonyl (C=O) groups excluding carboxylic acids is 1. The summed E-state index contributed by atoms with van der Waals surface area (Å²) in [6.07, 6.45) is 1.31. The SMILES string of the molecule is C=CC(=O)N1CCN(c2nc(Cl)nc3c(F)c(-c4ccc(P)c5sc(N)nc45)c(C)cc23)CC1. The molecule has 2 aromatic carbocycles. The van der Waals surface area contributed by atoms with Crippen LogP contribution in [0.3, 0.4) is 0 Å². The average Bonchev–Trinajstić information content (AvgIpc) is 3.22. The topological polar surface area (TPSA) is 88.2 Å². The highest BCUT2D eigenvalue weighted by molar-refractivity contribution is 7.33. The molecule has 0 spiro atoms. The van der Waals surface area contributed by atoms with Crippen LogP contribution in [-0.4, -0.2) is 51.9 Å². The van der Waals surface area contributed by atoms with Crippen LogP contribution in [0, 0.1) is 12.7 Å². The molecule has 1 aliphatic heterocycles. The smallest absolute Gasteiger partial charge is 0.246 e. The predicted molar refractivity (Wildman–Crippen MR) is 141 cm³/mol. The monoisotopic (exact) mass is 514 g/mol. The molecule has 0 aliphatic carbocycles. The summed E-state index contributed by atoms with van der Waals surface area (Å²) in [5.74, 6) is -0.0368. The van der Waals surface area contributed by atoms with Gasteiger partial charge >= 0.3 is 0 Å². The Morgan fingerprint density at radius 1 is 1.24 bits per heavy atom. The third-order valence-electron chi connectivity index (χ3n) is 6.01. The van der Waals surface area contributed by atoms with Crippen LogP contribution in [0.2, 0.25) is 5.28 Å². The summed E-state index contributed by atoms with van der Waals surface area (Å²) in [5.41, 5.74) is 8.55. The molecule has 11 heteroatoms. The Morgan fingerprint density at radius 3 is 2.68 bits per heavy atom. The number of thiazole rings is 1. The summed E-state index contributed by atoms with van der Waals surface area (Å²) in [4.78, 5) is 28.8. The number of fused-ring (bicyclic) bond motifs is 2. The van der Waals surface area contributed by atoms with E-state index in [1.165, 1.54) is 17.4 Å². The van der Waals surface area contributed by atoms with E-state index < -0.39 is 5.82 Å². The lowest BCUT2D eigenvalue weighted by atomic mass is 9.96. The van der Waals surface area contributed by atoms with Gasteiger partial charge in [0, 0.05) is 42.7 Å². The molecular formula is C23H21ClFN6OPS. The maximum Gasteiger partial charge on any atom is 0.246 e. The van der Waals surface area contributed by atoms with Crippen LogP contribution in [-0.2, 0) is 4.79 Å². The number of nitrogens with two attached hydrogens (primary N) is 1. The lowest BCUT2D eigenvalue weighted by Gasteiger charge is -2.35. The quantitative estimate of drug-likeness (QED) is 0.253. The number of carbonyl (C=O) groups is 1. The van der Waals surface area contributed by atoms with E-state index in [2.05, 4.69) is 30.8 Å². The van der Waals surface area contributed by atoms with Crippen molar-refractivity contribution in [1.82, 2.24) is 19.9 Å². The third kappa shape index (κ3) is 3.78. The second-order valence-corrected chi connectivity index (χ2v) is 10.0. The largest absolute Gasteiger partial charge is 0.375 e. The highest BCUT2D eigenvalue weighted by Gasteiger charge is 2.26. The second-order valence-electron chi connectivity index (χ2n) is 8.04. The van der Waals surface area contributed by atoms with Gasteiger partial charge in [-0.25, -0.2) is 14.4 Å². The number of benzene rings is 2. The van der Waals surface area contributed by atoms with Gasteiger partial charge in [0.2, 0.25) is 11.2 Å². The zero-order chi connectivity index (χ0) is 24.1. The fourth-order valence-corrected chi connectivity index (χ4v) is 5.75. The van der Waals surface area contributed by atoms with Crippen LogP contribution in [0.1, 0.15) is 5.56 Å². The molecule has 7 nitrogen and oxygen atoms in total. The highest BCUT2D eigenvalue weighted by atomic mass is 35.5. The molecule has 1 saturated heterocycles. The van der Waals surface area contributed by atoms with Gasteiger partial charge in [-0.3, -0.25) is 4.79 Å². The summed E-state index contributed by atoms with van der Waals surface area (Å²) < 4.78 is 17.0. The summed E-state index contributed by atoms with van der Waals surface area (Å²) >= 11 is 7.62.